The van der Waals surface area contributed by atoms with Gasteiger partial charge in [-0.1, -0.05) is 31.7 Å². The van der Waals surface area contributed by atoms with Gasteiger partial charge in [0, 0.05) is 5.54 Å². The van der Waals surface area contributed by atoms with Gasteiger partial charge in [-0.15, -0.1) is 0 Å². The smallest absolute Gasteiger partial charge is 0.193 e. The maximum absolute atomic E-state index is 9.08. The first-order valence-electron chi connectivity index (χ1n) is 5.33. The molecule has 4 N–H and O–H groups in total. The van der Waals surface area contributed by atoms with Crippen molar-refractivity contribution in [1.29, 1.82) is 0 Å². The van der Waals surface area contributed by atoms with Crippen LogP contribution in [0.25, 0.3) is 0 Å². The fourth-order valence-electron chi connectivity index (χ4n) is 1.10. The highest BCUT2D eigenvalue weighted by Crippen LogP contribution is 2.24. The van der Waals surface area contributed by atoms with Crippen molar-refractivity contribution < 1.29 is 5.11 Å². The van der Waals surface area contributed by atoms with Gasteiger partial charge in [0.2, 0.25) is 0 Å². The van der Waals surface area contributed by atoms with Gasteiger partial charge >= 0.3 is 0 Å². The highest BCUT2D eigenvalue weighted by molar-refractivity contribution is 6.75. The number of aliphatic hydroxyl groups excluding tert-OH is 1. The molecular weight excluding hydrogens is 185 g/mol. The van der Waals surface area contributed by atoms with Crippen molar-refractivity contribution >= 4 is 22.1 Å². The molecule has 0 fully saturated rings. The average Bonchev–Trinajstić information content (AvgIpc) is 2.10. The third-order valence-electron chi connectivity index (χ3n) is 1.98. The Labute approximate surface area is 96.3 Å². The zero-order valence-electron chi connectivity index (χ0n) is 10.5. The molecule has 6 heteroatoms. The Morgan fingerprint density at radius 2 is 1.80 bits per heavy atom. The molecule has 15 heavy (non-hydrogen) atoms. The summed E-state index contributed by atoms with van der Waals surface area (Å²) in [6.07, 6.45) is 0. The standard InChI is InChI=1S/C9H22B3N2O/c1-8(2,3)10-7(11-13)12-14-9(4,5)6-15/h7,14-15H,6,13H2,1-5H3. The Hall–Kier alpha value is 0.0748. The topological polar surface area (TPSA) is 58.3 Å². The Kier molecular flexibility index (Phi) is 6.00. The number of hydrogen-bond donors (Lipinski definition) is 3. The fraction of sp³-hybridized carbons (Fsp3) is 1.00. The quantitative estimate of drug-likeness (QED) is 0.543. The van der Waals surface area contributed by atoms with E-state index in [1.165, 1.54) is 0 Å². The minimum Gasteiger partial charge on any atom is -0.395 e. The molecule has 1 atom stereocenters. The van der Waals surface area contributed by atoms with Crippen molar-refractivity contribution in [2.45, 2.75) is 51.1 Å². The largest absolute Gasteiger partial charge is 0.395 e. The Morgan fingerprint density at radius 3 is 2.13 bits per heavy atom. The van der Waals surface area contributed by atoms with E-state index in [2.05, 4.69) is 33.3 Å². The van der Waals surface area contributed by atoms with E-state index >= 15 is 0 Å². The molecule has 0 bridgehead atoms. The van der Waals surface area contributed by atoms with E-state index in [4.69, 9.17) is 10.8 Å². The molecule has 1 unspecified atom stereocenters. The summed E-state index contributed by atoms with van der Waals surface area (Å²) in [7, 11) is 5.72. The van der Waals surface area contributed by atoms with E-state index in [1.54, 1.807) is 7.41 Å². The van der Waals surface area contributed by atoms with E-state index in [0.717, 1.165) is 0 Å². The Bertz CT molecular complexity index is 183. The summed E-state index contributed by atoms with van der Waals surface area (Å²) in [5, 5.41) is 12.4. The van der Waals surface area contributed by atoms with Crippen molar-refractivity contribution in [3.8, 4) is 0 Å². The molecule has 0 rings (SSSR count). The molecule has 0 aliphatic carbocycles. The Morgan fingerprint density at radius 1 is 1.27 bits per heavy atom. The second kappa shape index (κ2) is 5.97. The molecule has 0 amide bonds. The second-order valence-corrected chi connectivity index (χ2v) is 5.66. The number of aliphatic hydroxyl groups is 1. The number of nitrogens with two attached hydrogens (primary N) is 1. The van der Waals surface area contributed by atoms with Gasteiger partial charge in [-0.3, -0.25) is 0 Å². The fourth-order valence-corrected chi connectivity index (χ4v) is 1.10. The molecule has 0 saturated heterocycles. The normalized spacial score (nSPS) is 14.6. The summed E-state index contributed by atoms with van der Waals surface area (Å²) in [5.41, 5.74) is 5.37. The monoisotopic (exact) mass is 207 g/mol. The summed E-state index contributed by atoms with van der Waals surface area (Å²) in [6.45, 7) is 10.4. The van der Waals surface area contributed by atoms with Crippen molar-refractivity contribution in [1.82, 2.24) is 5.23 Å². The molecule has 0 aliphatic rings. The maximum Gasteiger partial charge on any atom is 0.193 e. The van der Waals surface area contributed by atoms with E-state index in [9.17, 15) is 0 Å². The molecule has 83 valence electrons. The van der Waals surface area contributed by atoms with Gasteiger partial charge in [0.1, 0.15) is 7.28 Å². The van der Waals surface area contributed by atoms with Crippen LogP contribution in [0.15, 0.2) is 0 Å². The summed E-state index contributed by atoms with van der Waals surface area (Å²) < 4.78 is 0. The molecule has 0 aromatic heterocycles. The predicted molar refractivity (Wildman–Crippen MR) is 69.2 cm³/mol. The van der Waals surface area contributed by atoms with Crippen molar-refractivity contribution in [2.75, 3.05) is 6.61 Å². The van der Waals surface area contributed by atoms with Crippen LogP contribution >= 0.6 is 0 Å². The first-order valence-corrected chi connectivity index (χ1v) is 5.33. The molecule has 0 spiro atoms. The van der Waals surface area contributed by atoms with Crippen molar-refractivity contribution in [3.05, 3.63) is 0 Å². The van der Waals surface area contributed by atoms with Gasteiger partial charge in [-0.25, -0.2) is 0 Å². The van der Waals surface area contributed by atoms with Gasteiger partial charge < -0.3 is 16.0 Å². The zero-order chi connectivity index (χ0) is 12.1. The van der Waals surface area contributed by atoms with Crippen LogP contribution in [0.3, 0.4) is 0 Å². The molecule has 0 aromatic carbocycles. The highest BCUT2D eigenvalue weighted by Gasteiger charge is 2.24. The van der Waals surface area contributed by atoms with Crippen LogP contribution in [0, 0.1) is 0 Å². The minimum absolute atomic E-state index is 0.0936. The van der Waals surface area contributed by atoms with Crippen molar-refractivity contribution in [2.24, 2.45) is 5.64 Å². The number of nitrogens with one attached hydrogen (secondary N) is 1. The number of rotatable bonds is 6. The second-order valence-electron chi connectivity index (χ2n) is 5.66. The zero-order valence-corrected chi connectivity index (χ0v) is 10.5. The van der Waals surface area contributed by atoms with Crippen LogP contribution < -0.4 is 10.9 Å². The lowest BCUT2D eigenvalue weighted by Gasteiger charge is -2.28. The van der Waals surface area contributed by atoms with Gasteiger partial charge in [-0.2, -0.15) is 0 Å². The third-order valence-corrected chi connectivity index (χ3v) is 1.98. The molecule has 0 aromatic rings. The molecular formula is C9H22B3N2O. The van der Waals surface area contributed by atoms with Crippen LogP contribution in [0.2, 0.25) is 10.9 Å². The SMILES string of the molecule is CC(C)(C)[B]C([B]N)[B]NC(C)(C)CO. The van der Waals surface area contributed by atoms with Gasteiger partial charge in [0.05, 0.1) is 6.61 Å². The molecule has 3 radical (unpaired) electrons. The van der Waals surface area contributed by atoms with Crippen LogP contribution in [-0.2, 0) is 0 Å². The van der Waals surface area contributed by atoms with Crippen LogP contribution in [0.5, 0.6) is 0 Å². The van der Waals surface area contributed by atoms with Gasteiger partial charge in [0.25, 0.3) is 0 Å². The summed E-state index contributed by atoms with van der Waals surface area (Å²) in [4.78, 5) is 0. The first kappa shape index (κ1) is 15.1. The maximum atomic E-state index is 9.08. The molecule has 0 heterocycles. The van der Waals surface area contributed by atoms with Gasteiger partial charge in [-0.05, 0) is 13.8 Å². The summed E-state index contributed by atoms with van der Waals surface area (Å²) in [6, 6.07) is 0. The van der Waals surface area contributed by atoms with Gasteiger partial charge in [0.15, 0.2) is 14.8 Å². The average molecular weight is 207 g/mol. The van der Waals surface area contributed by atoms with E-state index in [0.29, 0.717) is 0 Å². The summed E-state index contributed by atoms with van der Waals surface area (Å²) in [5.74, 6) is 0. The molecule has 0 saturated carbocycles. The third kappa shape index (κ3) is 7.94. The van der Waals surface area contributed by atoms with Crippen LogP contribution in [-0.4, -0.2) is 39.4 Å². The number of hydrogen-bond acceptors (Lipinski definition) is 3. The van der Waals surface area contributed by atoms with E-state index < -0.39 is 0 Å². The lowest BCUT2D eigenvalue weighted by molar-refractivity contribution is 0.209. The lowest BCUT2D eigenvalue weighted by Crippen LogP contribution is -2.48. The highest BCUT2D eigenvalue weighted by atomic mass is 16.3. The predicted octanol–water partition coefficient (Wildman–Crippen LogP) is 0.170. The van der Waals surface area contributed by atoms with Crippen molar-refractivity contribution in [3.63, 3.8) is 0 Å². The Balaban J connectivity index is 4.01. The van der Waals surface area contributed by atoms with Crippen LogP contribution in [0.1, 0.15) is 34.6 Å². The summed E-state index contributed by atoms with van der Waals surface area (Å²) >= 11 is 0. The molecule has 3 nitrogen and oxygen atoms in total. The first-order chi connectivity index (χ1) is 6.70. The minimum atomic E-state index is -0.299. The lowest BCUT2D eigenvalue weighted by atomic mass is 9.31. The van der Waals surface area contributed by atoms with E-state index in [1.807, 2.05) is 21.3 Å². The van der Waals surface area contributed by atoms with Crippen LogP contribution in [0.4, 0.5) is 0 Å². The molecule has 0 aliphatic heterocycles. The van der Waals surface area contributed by atoms with E-state index in [-0.39, 0.29) is 23.1 Å².